The van der Waals surface area contributed by atoms with Gasteiger partial charge in [-0.3, -0.25) is 14.2 Å². The number of nitrogens with one attached hydrogen (secondary N) is 2. The molecule has 4 rings (SSSR count). The average Bonchev–Trinajstić information content (AvgIpc) is 3.13. The molecule has 2 aromatic carbocycles. The summed E-state index contributed by atoms with van der Waals surface area (Å²) < 4.78 is 11.8. The standard InChI is InChI=1S/C21H20N4O4/c1-28-14-7-8-17(29-2)13(9-14)10-22-18(26)11-25-12-23-19-15-5-3-4-6-16(15)24-20(19)21(25)27/h3-9,12,24H,10-11H2,1-2H3,(H,22,26). The van der Waals surface area contributed by atoms with Crippen LogP contribution in [0, 0.1) is 0 Å². The van der Waals surface area contributed by atoms with Gasteiger partial charge in [0.05, 0.1) is 20.5 Å². The Kier molecular flexibility index (Phi) is 4.90. The number of para-hydroxylation sites is 1. The largest absolute Gasteiger partial charge is 0.497 e. The smallest absolute Gasteiger partial charge is 0.278 e. The monoisotopic (exact) mass is 392 g/mol. The van der Waals surface area contributed by atoms with Crippen LogP contribution in [-0.2, 0) is 17.9 Å². The van der Waals surface area contributed by atoms with Crippen LogP contribution < -0.4 is 20.3 Å². The third kappa shape index (κ3) is 3.52. The van der Waals surface area contributed by atoms with Crippen LogP contribution in [0.5, 0.6) is 11.5 Å². The molecule has 8 heteroatoms. The van der Waals surface area contributed by atoms with Gasteiger partial charge in [-0.1, -0.05) is 18.2 Å². The van der Waals surface area contributed by atoms with E-state index < -0.39 is 0 Å². The van der Waals surface area contributed by atoms with Gasteiger partial charge in [0, 0.05) is 23.0 Å². The highest BCUT2D eigenvalue weighted by Gasteiger charge is 2.13. The van der Waals surface area contributed by atoms with E-state index in [0.717, 1.165) is 16.5 Å². The van der Waals surface area contributed by atoms with Gasteiger partial charge >= 0.3 is 0 Å². The molecule has 148 valence electrons. The number of aromatic amines is 1. The van der Waals surface area contributed by atoms with Crippen molar-refractivity contribution in [1.82, 2.24) is 19.9 Å². The number of benzene rings is 2. The van der Waals surface area contributed by atoms with Crippen LogP contribution in [0.15, 0.2) is 53.6 Å². The van der Waals surface area contributed by atoms with Crippen LogP contribution in [0.1, 0.15) is 5.56 Å². The maximum Gasteiger partial charge on any atom is 0.278 e. The lowest BCUT2D eigenvalue weighted by molar-refractivity contribution is -0.121. The molecule has 29 heavy (non-hydrogen) atoms. The molecular formula is C21H20N4O4. The van der Waals surface area contributed by atoms with Crippen molar-refractivity contribution in [2.45, 2.75) is 13.1 Å². The number of H-pyrrole nitrogens is 1. The van der Waals surface area contributed by atoms with Gasteiger partial charge in [0.25, 0.3) is 5.56 Å². The normalized spacial score (nSPS) is 11.0. The molecule has 0 unspecified atom stereocenters. The molecule has 0 atom stereocenters. The lowest BCUT2D eigenvalue weighted by Crippen LogP contribution is -2.32. The lowest BCUT2D eigenvalue weighted by Gasteiger charge is -2.12. The number of fused-ring (bicyclic) bond motifs is 3. The van der Waals surface area contributed by atoms with Gasteiger partial charge in [-0.15, -0.1) is 0 Å². The second kappa shape index (κ2) is 7.67. The second-order valence-electron chi connectivity index (χ2n) is 6.53. The highest BCUT2D eigenvalue weighted by atomic mass is 16.5. The lowest BCUT2D eigenvalue weighted by atomic mass is 10.2. The summed E-state index contributed by atoms with van der Waals surface area (Å²) in [4.78, 5) is 32.6. The fraction of sp³-hybridized carbons (Fsp3) is 0.190. The minimum atomic E-state index is -0.311. The highest BCUT2D eigenvalue weighted by Crippen LogP contribution is 2.24. The zero-order valence-electron chi connectivity index (χ0n) is 16.1. The summed E-state index contributed by atoms with van der Waals surface area (Å²) in [5.74, 6) is 0.999. The van der Waals surface area contributed by atoms with E-state index in [4.69, 9.17) is 9.47 Å². The molecule has 8 nitrogen and oxygen atoms in total. The van der Waals surface area contributed by atoms with Crippen LogP contribution in [0.4, 0.5) is 0 Å². The minimum Gasteiger partial charge on any atom is -0.497 e. The summed E-state index contributed by atoms with van der Waals surface area (Å²) in [7, 11) is 3.14. The Morgan fingerprint density at radius 3 is 2.79 bits per heavy atom. The molecule has 0 bridgehead atoms. The van der Waals surface area contributed by atoms with Gasteiger partial charge in [-0.2, -0.15) is 0 Å². The number of aromatic nitrogens is 3. The second-order valence-corrected chi connectivity index (χ2v) is 6.53. The maximum absolute atomic E-state index is 12.8. The maximum atomic E-state index is 12.8. The molecule has 0 spiro atoms. The predicted octanol–water partition coefficient (Wildman–Crippen LogP) is 2.21. The third-order valence-electron chi connectivity index (χ3n) is 4.76. The van der Waals surface area contributed by atoms with Crippen LogP contribution >= 0.6 is 0 Å². The quantitative estimate of drug-likeness (QED) is 0.524. The predicted molar refractivity (Wildman–Crippen MR) is 109 cm³/mol. The molecule has 4 aromatic rings. The van der Waals surface area contributed by atoms with E-state index in [1.165, 1.54) is 10.9 Å². The summed E-state index contributed by atoms with van der Waals surface area (Å²) in [5.41, 5.74) is 2.30. The van der Waals surface area contributed by atoms with E-state index in [0.29, 0.717) is 22.5 Å². The van der Waals surface area contributed by atoms with Crippen LogP contribution in [0.2, 0.25) is 0 Å². The molecule has 2 N–H and O–H groups in total. The van der Waals surface area contributed by atoms with Crippen molar-refractivity contribution >= 4 is 27.8 Å². The zero-order chi connectivity index (χ0) is 20.4. The summed E-state index contributed by atoms with van der Waals surface area (Å²) in [6.07, 6.45) is 1.40. The van der Waals surface area contributed by atoms with Crippen LogP contribution in [0.25, 0.3) is 21.9 Å². The molecule has 1 amide bonds. The van der Waals surface area contributed by atoms with Crippen molar-refractivity contribution in [3.63, 3.8) is 0 Å². The minimum absolute atomic E-state index is 0.135. The topological polar surface area (TPSA) is 98.2 Å². The Morgan fingerprint density at radius 1 is 1.17 bits per heavy atom. The van der Waals surface area contributed by atoms with Crippen molar-refractivity contribution in [2.75, 3.05) is 14.2 Å². The molecule has 0 saturated carbocycles. The Labute approximate surface area is 166 Å². The van der Waals surface area contributed by atoms with E-state index in [-0.39, 0.29) is 24.6 Å². The van der Waals surface area contributed by atoms with Gasteiger partial charge < -0.3 is 19.8 Å². The van der Waals surface area contributed by atoms with Gasteiger partial charge in [-0.05, 0) is 24.3 Å². The number of carbonyl (C=O) groups is 1. The van der Waals surface area contributed by atoms with Crippen molar-refractivity contribution in [2.24, 2.45) is 0 Å². The Hall–Kier alpha value is -3.81. The molecule has 0 aliphatic rings. The van der Waals surface area contributed by atoms with Gasteiger partial charge in [-0.25, -0.2) is 4.98 Å². The van der Waals surface area contributed by atoms with Crippen molar-refractivity contribution in [3.8, 4) is 11.5 Å². The first kappa shape index (κ1) is 18.5. The van der Waals surface area contributed by atoms with E-state index in [9.17, 15) is 9.59 Å². The SMILES string of the molecule is COc1ccc(OC)c(CNC(=O)Cn2cnc3c([nH]c4ccccc43)c2=O)c1. The number of methoxy groups -OCH3 is 2. The Morgan fingerprint density at radius 2 is 2.00 bits per heavy atom. The first-order valence-electron chi connectivity index (χ1n) is 9.04. The first-order chi connectivity index (χ1) is 14.1. The number of ether oxygens (including phenoxy) is 2. The zero-order valence-corrected chi connectivity index (χ0v) is 16.1. The molecule has 2 heterocycles. The summed E-state index contributed by atoms with van der Waals surface area (Å²) in [6.45, 7) is 0.111. The summed E-state index contributed by atoms with van der Waals surface area (Å²) in [5, 5.41) is 3.68. The fourth-order valence-electron chi connectivity index (χ4n) is 3.28. The van der Waals surface area contributed by atoms with E-state index in [2.05, 4.69) is 15.3 Å². The molecule has 0 saturated heterocycles. The Bertz CT molecular complexity index is 1260. The first-order valence-corrected chi connectivity index (χ1v) is 9.04. The average molecular weight is 392 g/mol. The molecule has 0 radical (unpaired) electrons. The number of rotatable bonds is 6. The molecule has 0 fully saturated rings. The van der Waals surface area contributed by atoms with Gasteiger partial charge in [0.15, 0.2) is 0 Å². The van der Waals surface area contributed by atoms with Crippen molar-refractivity contribution in [1.29, 1.82) is 0 Å². The number of hydrogen-bond acceptors (Lipinski definition) is 5. The number of nitrogens with zero attached hydrogens (tertiary/aromatic N) is 2. The fourth-order valence-corrected chi connectivity index (χ4v) is 3.28. The molecule has 2 aromatic heterocycles. The summed E-state index contributed by atoms with van der Waals surface area (Å²) >= 11 is 0. The number of carbonyl (C=O) groups excluding carboxylic acids is 1. The van der Waals surface area contributed by atoms with Crippen LogP contribution in [0.3, 0.4) is 0 Å². The van der Waals surface area contributed by atoms with Gasteiger partial charge in [0.2, 0.25) is 5.91 Å². The van der Waals surface area contributed by atoms with E-state index in [1.54, 1.807) is 32.4 Å². The Balaban J connectivity index is 1.53. The van der Waals surface area contributed by atoms with Gasteiger partial charge in [0.1, 0.15) is 29.1 Å². The van der Waals surface area contributed by atoms with E-state index >= 15 is 0 Å². The molecule has 0 aliphatic heterocycles. The highest BCUT2D eigenvalue weighted by molar-refractivity contribution is 6.04. The third-order valence-corrected chi connectivity index (χ3v) is 4.76. The number of hydrogen-bond donors (Lipinski definition) is 2. The van der Waals surface area contributed by atoms with E-state index in [1.807, 2.05) is 24.3 Å². The van der Waals surface area contributed by atoms with Crippen molar-refractivity contribution < 1.29 is 14.3 Å². The summed E-state index contributed by atoms with van der Waals surface area (Å²) in [6, 6.07) is 12.9. The number of amides is 1. The molecular weight excluding hydrogens is 372 g/mol. The van der Waals surface area contributed by atoms with Crippen molar-refractivity contribution in [3.05, 3.63) is 64.7 Å². The van der Waals surface area contributed by atoms with Crippen LogP contribution in [-0.4, -0.2) is 34.7 Å². The molecule has 0 aliphatic carbocycles.